The Labute approximate surface area is 99.6 Å². The summed E-state index contributed by atoms with van der Waals surface area (Å²) in [6.45, 7) is 2.15. The van der Waals surface area contributed by atoms with Crippen LogP contribution in [0.1, 0.15) is 18.5 Å². The molecule has 2 atom stereocenters. The Bertz CT molecular complexity index is 372. The number of halogens is 1. The molecule has 16 heavy (non-hydrogen) atoms. The van der Waals surface area contributed by atoms with Gasteiger partial charge >= 0.3 is 0 Å². The first-order valence-corrected chi connectivity index (χ1v) is 6.53. The molecule has 0 saturated carbocycles. The van der Waals surface area contributed by atoms with Gasteiger partial charge in [0.1, 0.15) is 0 Å². The third kappa shape index (κ3) is 2.50. The van der Waals surface area contributed by atoms with Crippen LogP contribution in [-0.2, 0) is 0 Å². The van der Waals surface area contributed by atoms with Gasteiger partial charge < -0.3 is 10.1 Å². The van der Waals surface area contributed by atoms with Crippen LogP contribution in [-0.4, -0.2) is 24.7 Å². The molecule has 1 saturated heterocycles. The molecule has 1 aromatic rings. The van der Waals surface area contributed by atoms with Crippen molar-refractivity contribution in [3.05, 3.63) is 29.6 Å². The summed E-state index contributed by atoms with van der Waals surface area (Å²) in [5.74, 6) is 2.14. The largest absolute Gasteiger partial charge is 0.494 e. The SMILES string of the molecule is COc1ccc(C2CSCC(C)N2)cc1F. The van der Waals surface area contributed by atoms with E-state index in [1.807, 2.05) is 17.8 Å². The normalized spacial score (nSPS) is 25.4. The first kappa shape index (κ1) is 11.7. The molecule has 0 bridgehead atoms. The van der Waals surface area contributed by atoms with Crippen LogP contribution in [0.25, 0.3) is 0 Å². The molecule has 1 fully saturated rings. The molecule has 88 valence electrons. The molecule has 2 unspecified atom stereocenters. The Hall–Kier alpha value is -0.740. The van der Waals surface area contributed by atoms with Crippen molar-refractivity contribution >= 4 is 11.8 Å². The van der Waals surface area contributed by atoms with Crippen LogP contribution in [0.3, 0.4) is 0 Å². The lowest BCUT2D eigenvalue weighted by atomic mass is 10.1. The summed E-state index contributed by atoms with van der Waals surface area (Å²) in [6, 6.07) is 5.91. The first-order chi connectivity index (χ1) is 7.70. The van der Waals surface area contributed by atoms with Gasteiger partial charge in [-0.15, -0.1) is 0 Å². The zero-order valence-electron chi connectivity index (χ0n) is 9.50. The molecule has 0 aliphatic carbocycles. The minimum atomic E-state index is -0.287. The van der Waals surface area contributed by atoms with Crippen LogP contribution in [0, 0.1) is 5.82 Å². The van der Waals surface area contributed by atoms with Gasteiger partial charge in [0.15, 0.2) is 11.6 Å². The fourth-order valence-corrected chi connectivity index (χ4v) is 3.00. The Morgan fingerprint density at radius 1 is 1.44 bits per heavy atom. The molecule has 2 nitrogen and oxygen atoms in total. The third-order valence-corrected chi connectivity index (χ3v) is 4.02. The van der Waals surface area contributed by atoms with Crippen molar-refractivity contribution in [1.29, 1.82) is 0 Å². The average molecular weight is 241 g/mol. The zero-order chi connectivity index (χ0) is 11.5. The lowest BCUT2D eigenvalue weighted by Gasteiger charge is -2.28. The van der Waals surface area contributed by atoms with Gasteiger partial charge in [-0.25, -0.2) is 4.39 Å². The van der Waals surface area contributed by atoms with Crippen LogP contribution in [0.4, 0.5) is 4.39 Å². The van der Waals surface area contributed by atoms with Crippen LogP contribution < -0.4 is 10.1 Å². The molecule has 4 heteroatoms. The number of methoxy groups -OCH3 is 1. The van der Waals surface area contributed by atoms with E-state index >= 15 is 0 Å². The van der Waals surface area contributed by atoms with E-state index < -0.39 is 0 Å². The predicted octanol–water partition coefficient (Wildman–Crippen LogP) is 2.60. The van der Waals surface area contributed by atoms with E-state index in [4.69, 9.17) is 4.74 Å². The molecule has 1 aliphatic rings. The summed E-state index contributed by atoms with van der Waals surface area (Å²) in [5, 5.41) is 3.47. The van der Waals surface area contributed by atoms with Crippen LogP contribution in [0.5, 0.6) is 5.75 Å². The minimum absolute atomic E-state index is 0.245. The quantitative estimate of drug-likeness (QED) is 0.860. The summed E-state index contributed by atoms with van der Waals surface area (Å²) in [5.41, 5.74) is 0.998. The van der Waals surface area contributed by atoms with E-state index in [0.717, 1.165) is 17.1 Å². The summed E-state index contributed by atoms with van der Waals surface area (Å²) in [7, 11) is 1.48. The fraction of sp³-hybridized carbons (Fsp3) is 0.500. The fourth-order valence-electron chi connectivity index (χ4n) is 1.89. The molecule has 0 aromatic heterocycles. The van der Waals surface area contributed by atoms with Crippen molar-refractivity contribution < 1.29 is 9.13 Å². The van der Waals surface area contributed by atoms with E-state index in [2.05, 4.69) is 12.2 Å². The summed E-state index contributed by atoms with van der Waals surface area (Å²) in [6.07, 6.45) is 0. The second kappa shape index (κ2) is 5.06. The number of hydrogen-bond acceptors (Lipinski definition) is 3. The van der Waals surface area contributed by atoms with Crippen molar-refractivity contribution in [1.82, 2.24) is 5.32 Å². The van der Waals surface area contributed by atoms with E-state index in [0.29, 0.717) is 11.8 Å². The number of ether oxygens (including phenoxy) is 1. The van der Waals surface area contributed by atoms with E-state index in [1.165, 1.54) is 7.11 Å². The molecular weight excluding hydrogens is 225 g/mol. The maximum Gasteiger partial charge on any atom is 0.165 e. The van der Waals surface area contributed by atoms with Gasteiger partial charge in [0.25, 0.3) is 0 Å². The van der Waals surface area contributed by atoms with E-state index in [-0.39, 0.29) is 11.9 Å². The maximum atomic E-state index is 13.5. The second-order valence-electron chi connectivity index (χ2n) is 4.05. The van der Waals surface area contributed by atoms with Crippen molar-refractivity contribution in [3.8, 4) is 5.75 Å². The van der Waals surface area contributed by atoms with Gasteiger partial charge in [0, 0.05) is 23.6 Å². The van der Waals surface area contributed by atoms with Gasteiger partial charge in [-0.2, -0.15) is 11.8 Å². The Balaban J connectivity index is 2.17. The highest BCUT2D eigenvalue weighted by molar-refractivity contribution is 7.99. The third-order valence-electron chi connectivity index (χ3n) is 2.72. The molecule has 1 heterocycles. The zero-order valence-corrected chi connectivity index (χ0v) is 10.3. The van der Waals surface area contributed by atoms with E-state index in [9.17, 15) is 4.39 Å². The van der Waals surface area contributed by atoms with Crippen molar-refractivity contribution in [3.63, 3.8) is 0 Å². The Kier molecular flexibility index (Phi) is 3.71. The molecule has 1 aliphatic heterocycles. The van der Waals surface area contributed by atoms with Gasteiger partial charge in [-0.05, 0) is 24.6 Å². The number of rotatable bonds is 2. The summed E-state index contributed by atoms with van der Waals surface area (Å²) < 4.78 is 18.5. The standard InChI is InChI=1S/C12H16FNOS/c1-8-6-16-7-11(14-8)9-3-4-12(15-2)10(13)5-9/h3-5,8,11,14H,6-7H2,1-2H3. The van der Waals surface area contributed by atoms with Gasteiger partial charge in [0.05, 0.1) is 7.11 Å². The maximum absolute atomic E-state index is 13.5. The summed E-state index contributed by atoms with van der Waals surface area (Å²) >= 11 is 1.91. The molecule has 1 N–H and O–H groups in total. The topological polar surface area (TPSA) is 21.3 Å². The number of nitrogens with one attached hydrogen (secondary N) is 1. The molecule has 0 radical (unpaired) electrons. The van der Waals surface area contributed by atoms with Crippen molar-refractivity contribution in [2.24, 2.45) is 0 Å². The number of hydrogen-bond donors (Lipinski definition) is 1. The van der Waals surface area contributed by atoms with Gasteiger partial charge in [0.2, 0.25) is 0 Å². The monoisotopic (exact) mass is 241 g/mol. The smallest absolute Gasteiger partial charge is 0.165 e. The lowest BCUT2D eigenvalue weighted by Crippen LogP contribution is -2.37. The highest BCUT2D eigenvalue weighted by Gasteiger charge is 2.20. The average Bonchev–Trinajstić information content (AvgIpc) is 2.29. The van der Waals surface area contributed by atoms with Gasteiger partial charge in [-0.3, -0.25) is 0 Å². The highest BCUT2D eigenvalue weighted by Crippen LogP contribution is 2.27. The molecule has 0 spiro atoms. The Morgan fingerprint density at radius 3 is 2.88 bits per heavy atom. The van der Waals surface area contributed by atoms with Crippen LogP contribution in [0.15, 0.2) is 18.2 Å². The number of benzene rings is 1. The molecule has 0 amide bonds. The number of thioether (sulfide) groups is 1. The van der Waals surface area contributed by atoms with Gasteiger partial charge in [-0.1, -0.05) is 6.07 Å². The molecule has 1 aromatic carbocycles. The minimum Gasteiger partial charge on any atom is -0.494 e. The molecular formula is C12H16FNOS. The Morgan fingerprint density at radius 2 is 2.25 bits per heavy atom. The van der Waals surface area contributed by atoms with Crippen LogP contribution in [0.2, 0.25) is 0 Å². The van der Waals surface area contributed by atoms with Crippen molar-refractivity contribution in [2.45, 2.75) is 19.0 Å². The van der Waals surface area contributed by atoms with E-state index in [1.54, 1.807) is 12.1 Å². The first-order valence-electron chi connectivity index (χ1n) is 5.38. The lowest BCUT2D eigenvalue weighted by molar-refractivity contribution is 0.385. The molecule has 2 rings (SSSR count). The summed E-state index contributed by atoms with van der Waals surface area (Å²) in [4.78, 5) is 0. The van der Waals surface area contributed by atoms with Crippen LogP contribution >= 0.6 is 11.8 Å². The predicted molar refractivity (Wildman–Crippen MR) is 65.6 cm³/mol. The van der Waals surface area contributed by atoms with Crippen molar-refractivity contribution in [2.75, 3.05) is 18.6 Å². The highest BCUT2D eigenvalue weighted by atomic mass is 32.2. The second-order valence-corrected chi connectivity index (χ2v) is 5.13.